The number of ketones is 2. The molecule has 0 amide bonds. The van der Waals surface area contributed by atoms with Crippen molar-refractivity contribution in [3.05, 3.63) is 82.3 Å². The average Bonchev–Trinajstić information content (AvgIpc) is 3.00. The third kappa shape index (κ3) is 2.44. The van der Waals surface area contributed by atoms with Gasteiger partial charge in [-0.1, -0.05) is 24.3 Å². The number of halogens is 1. The highest BCUT2D eigenvalue weighted by Crippen LogP contribution is 2.37. The Morgan fingerprint density at radius 2 is 1.64 bits per heavy atom. The Morgan fingerprint density at radius 1 is 1.04 bits per heavy atom. The van der Waals surface area contributed by atoms with Crippen molar-refractivity contribution < 1.29 is 23.5 Å². The van der Waals surface area contributed by atoms with Crippen LogP contribution in [0.15, 0.2) is 48.5 Å². The second-order valence-corrected chi connectivity index (χ2v) is 6.22. The molecule has 2 aromatic carbocycles. The van der Waals surface area contributed by atoms with Crippen LogP contribution >= 0.6 is 0 Å². The van der Waals surface area contributed by atoms with Gasteiger partial charge in [0.15, 0.2) is 5.78 Å². The summed E-state index contributed by atoms with van der Waals surface area (Å²) in [6, 6.07) is 11.6. The lowest BCUT2D eigenvalue weighted by atomic mass is 9.86. The molecule has 0 bridgehead atoms. The number of ether oxygens (including phenoxy) is 1. The average molecular weight is 378 g/mol. The molecule has 140 valence electrons. The first-order chi connectivity index (χ1) is 13.5. The lowest BCUT2D eigenvalue weighted by Gasteiger charge is -2.17. The molecular weight excluding hydrogens is 363 g/mol. The van der Waals surface area contributed by atoms with Gasteiger partial charge in [0.1, 0.15) is 22.9 Å². The Hall–Kier alpha value is -3.74. The fourth-order valence-corrected chi connectivity index (χ4v) is 3.44. The Bertz CT molecular complexity index is 1150. The molecule has 1 aromatic heterocycles. The lowest BCUT2D eigenvalue weighted by Crippen LogP contribution is -2.23. The van der Waals surface area contributed by atoms with Crippen LogP contribution in [0.3, 0.4) is 0 Å². The van der Waals surface area contributed by atoms with Crippen LogP contribution < -0.4 is 5.73 Å². The molecule has 0 saturated carbocycles. The van der Waals surface area contributed by atoms with Crippen LogP contribution in [0.25, 0.3) is 5.69 Å². The number of nitrogen functional groups attached to an aromatic ring is 1. The van der Waals surface area contributed by atoms with E-state index in [4.69, 9.17) is 10.5 Å². The predicted molar refractivity (Wildman–Crippen MR) is 99.4 cm³/mol. The Kier molecular flexibility index (Phi) is 4.07. The Morgan fingerprint density at radius 3 is 2.25 bits per heavy atom. The van der Waals surface area contributed by atoms with Crippen molar-refractivity contribution in [3.8, 4) is 5.69 Å². The summed E-state index contributed by atoms with van der Waals surface area (Å²) in [5.74, 6) is -2.30. The number of nitrogens with zero attached hydrogens (tertiary/aromatic N) is 1. The molecule has 1 heterocycles. The second-order valence-electron chi connectivity index (χ2n) is 6.22. The van der Waals surface area contributed by atoms with E-state index < -0.39 is 23.4 Å². The van der Waals surface area contributed by atoms with E-state index in [1.807, 2.05) is 0 Å². The van der Waals surface area contributed by atoms with Crippen LogP contribution in [-0.2, 0) is 4.74 Å². The summed E-state index contributed by atoms with van der Waals surface area (Å²) < 4.78 is 19.7. The molecule has 2 N–H and O–H groups in total. The fourth-order valence-electron chi connectivity index (χ4n) is 3.44. The van der Waals surface area contributed by atoms with E-state index in [0.29, 0.717) is 5.69 Å². The van der Waals surface area contributed by atoms with E-state index >= 15 is 0 Å². The third-order valence-corrected chi connectivity index (χ3v) is 4.63. The van der Waals surface area contributed by atoms with Crippen molar-refractivity contribution in [3.63, 3.8) is 0 Å². The highest BCUT2D eigenvalue weighted by atomic mass is 19.1. The van der Waals surface area contributed by atoms with Crippen LogP contribution in [-0.4, -0.2) is 28.7 Å². The molecular formula is C21H15FN2O4. The number of aromatic nitrogens is 1. The SMILES string of the molecule is CCOC(=O)c1c2c(n(-c3ccc(F)cc3)c1N)C(=O)c1ccccc1C2=O. The number of carbonyl (C=O) groups excluding carboxylic acids is 3. The largest absolute Gasteiger partial charge is 0.462 e. The minimum Gasteiger partial charge on any atom is -0.462 e. The number of fused-ring (bicyclic) bond motifs is 2. The highest BCUT2D eigenvalue weighted by molar-refractivity contribution is 6.31. The van der Waals surface area contributed by atoms with Gasteiger partial charge >= 0.3 is 5.97 Å². The van der Waals surface area contributed by atoms with Gasteiger partial charge in [-0.05, 0) is 31.2 Å². The minimum absolute atomic E-state index is 0.0316. The summed E-state index contributed by atoms with van der Waals surface area (Å²) in [7, 11) is 0. The van der Waals surface area contributed by atoms with Gasteiger partial charge in [0, 0.05) is 16.8 Å². The number of benzene rings is 2. The number of hydrogen-bond acceptors (Lipinski definition) is 5. The number of carbonyl (C=O) groups is 3. The molecule has 7 heteroatoms. The van der Waals surface area contributed by atoms with E-state index in [-0.39, 0.29) is 40.4 Å². The standard InChI is InChI=1S/C21H15FN2O4/c1-2-28-21(27)16-15-17(19(26)14-6-4-3-5-13(14)18(15)25)24(20(16)23)12-9-7-11(22)8-10-12/h3-10H,2,23H2,1H3. The lowest BCUT2D eigenvalue weighted by molar-refractivity contribution is 0.0525. The molecule has 6 nitrogen and oxygen atoms in total. The maximum Gasteiger partial charge on any atom is 0.342 e. The van der Waals surface area contributed by atoms with Crippen LogP contribution in [0.4, 0.5) is 10.2 Å². The Labute approximate surface area is 159 Å². The maximum absolute atomic E-state index is 13.4. The van der Waals surface area contributed by atoms with Crippen molar-refractivity contribution >= 4 is 23.4 Å². The molecule has 4 rings (SSSR count). The summed E-state index contributed by atoms with van der Waals surface area (Å²) >= 11 is 0. The predicted octanol–water partition coefficient (Wildman–Crippen LogP) is 3.15. The van der Waals surface area contributed by atoms with Crippen molar-refractivity contribution in [2.24, 2.45) is 0 Å². The number of hydrogen-bond donors (Lipinski definition) is 1. The first-order valence-electron chi connectivity index (χ1n) is 8.61. The number of nitrogens with two attached hydrogens (primary N) is 1. The molecule has 3 aromatic rings. The molecule has 1 aliphatic rings. The van der Waals surface area contributed by atoms with Crippen LogP contribution in [0.5, 0.6) is 0 Å². The van der Waals surface area contributed by atoms with Gasteiger partial charge in [0.05, 0.1) is 12.2 Å². The summed E-state index contributed by atoms with van der Waals surface area (Å²) in [6.45, 7) is 1.70. The smallest absolute Gasteiger partial charge is 0.342 e. The minimum atomic E-state index is -0.794. The van der Waals surface area contributed by atoms with Crippen molar-refractivity contribution in [2.75, 3.05) is 12.3 Å². The van der Waals surface area contributed by atoms with Crippen LogP contribution in [0.2, 0.25) is 0 Å². The zero-order valence-electron chi connectivity index (χ0n) is 14.9. The van der Waals surface area contributed by atoms with Crippen LogP contribution in [0.1, 0.15) is 49.3 Å². The van der Waals surface area contributed by atoms with E-state index in [2.05, 4.69) is 0 Å². The van der Waals surface area contributed by atoms with Crippen molar-refractivity contribution in [1.82, 2.24) is 4.57 Å². The van der Waals surface area contributed by atoms with E-state index in [1.54, 1.807) is 25.1 Å². The van der Waals surface area contributed by atoms with Gasteiger partial charge in [-0.2, -0.15) is 0 Å². The van der Waals surface area contributed by atoms with Gasteiger partial charge in [0.25, 0.3) is 0 Å². The molecule has 0 radical (unpaired) electrons. The van der Waals surface area contributed by atoms with Gasteiger partial charge in [-0.3, -0.25) is 14.2 Å². The number of esters is 1. The monoisotopic (exact) mass is 378 g/mol. The van der Waals surface area contributed by atoms with Gasteiger partial charge in [-0.25, -0.2) is 9.18 Å². The van der Waals surface area contributed by atoms with Gasteiger partial charge in [0.2, 0.25) is 5.78 Å². The fraction of sp³-hybridized carbons (Fsp3) is 0.0952. The summed E-state index contributed by atoms with van der Waals surface area (Å²) in [6.07, 6.45) is 0. The second kappa shape index (κ2) is 6.45. The quantitative estimate of drug-likeness (QED) is 0.553. The van der Waals surface area contributed by atoms with Gasteiger partial charge < -0.3 is 10.5 Å². The number of rotatable bonds is 3. The molecule has 0 fully saturated rings. The van der Waals surface area contributed by atoms with Crippen LogP contribution in [0, 0.1) is 5.82 Å². The van der Waals surface area contributed by atoms with Gasteiger partial charge in [-0.15, -0.1) is 0 Å². The zero-order chi connectivity index (χ0) is 20.0. The zero-order valence-corrected chi connectivity index (χ0v) is 14.9. The highest BCUT2D eigenvalue weighted by Gasteiger charge is 2.40. The van der Waals surface area contributed by atoms with Crippen molar-refractivity contribution in [1.29, 1.82) is 0 Å². The normalized spacial score (nSPS) is 12.5. The number of anilines is 1. The molecule has 28 heavy (non-hydrogen) atoms. The molecule has 0 atom stereocenters. The maximum atomic E-state index is 13.4. The molecule has 1 aliphatic carbocycles. The van der Waals surface area contributed by atoms with E-state index in [0.717, 1.165) is 0 Å². The third-order valence-electron chi connectivity index (χ3n) is 4.63. The van der Waals surface area contributed by atoms with Crippen molar-refractivity contribution in [2.45, 2.75) is 6.92 Å². The molecule has 0 spiro atoms. The van der Waals surface area contributed by atoms with E-state index in [1.165, 1.54) is 34.9 Å². The molecule has 0 aliphatic heterocycles. The molecule has 0 saturated heterocycles. The first kappa shape index (κ1) is 17.7. The Balaban J connectivity index is 2.07. The first-order valence-corrected chi connectivity index (χ1v) is 8.61. The summed E-state index contributed by atoms with van der Waals surface area (Å²) in [5.41, 5.74) is 6.69. The summed E-state index contributed by atoms with van der Waals surface area (Å²) in [5, 5.41) is 0. The molecule has 0 unspecified atom stereocenters. The topological polar surface area (TPSA) is 91.4 Å². The summed E-state index contributed by atoms with van der Waals surface area (Å²) in [4.78, 5) is 38.9. The van der Waals surface area contributed by atoms with E-state index in [9.17, 15) is 18.8 Å².